The van der Waals surface area contributed by atoms with Crippen molar-refractivity contribution in [1.29, 1.82) is 0 Å². The molecule has 0 aromatic heterocycles. The molecule has 0 rings (SSSR count). The Balaban J connectivity index is 5.24. The number of phosphoric ester groups is 2. The highest BCUT2D eigenvalue weighted by atomic mass is 31.2. The van der Waals surface area contributed by atoms with Crippen LogP contribution in [0.15, 0.2) is 0 Å². The number of carbonyl (C=O) groups excluding carboxylic acids is 4. The number of carbonyl (C=O) groups is 4. The van der Waals surface area contributed by atoms with Gasteiger partial charge in [-0.1, -0.05) is 325 Å². The number of esters is 4. The van der Waals surface area contributed by atoms with Gasteiger partial charge in [0.2, 0.25) is 0 Å². The van der Waals surface area contributed by atoms with Crippen LogP contribution in [0, 0.1) is 17.8 Å². The van der Waals surface area contributed by atoms with Gasteiger partial charge in [0, 0.05) is 25.7 Å². The van der Waals surface area contributed by atoms with Crippen molar-refractivity contribution in [1.82, 2.24) is 0 Å². The minimum Gasteiger partial charge on any atom is -0.462 e. The van der Waals surface area contributed by atoms with Crippen molar-refractivity contribution < 1.29 is 80.2 Å². The summed E-state index contributed by atoms with van der Waals surface area (Å²) < 4.78 is 68.4. The first-order valence-electron chi connectivity index (χ1n) is 38.4. The summed E-state index contributed by atoms with van der Waals surface area (Å²) >= 11 is 0. The Hall–Kier alpha value is -1.94. The van der Waals surface area contributed by atoms with Gasteiger partial charge in [-0.15, -0.1) is 0 Å². The normalized spacial score (nSPS) is 14.7. The molecule has 0 amide bonds. The van der Waals surface area contributed by atoms with Crippen molar-refractivity contribution in [2.75, 3.05) is 39.6 Å². The molecular weight excluding hydrogens is 1220 g/mol. The third-order valence-electron chi connectivity index (χ3n) is 17.9. The predicted molar refractivity (Wildman–Crippen MR) is 377 cm³/mol. The van der Waals surface area contributed by atoms with Crippen LogP contribution in [-0.4, -0.2) is 96.7 Å². The summed E-state index contributed by atoms with van der Waals surface area (Å²) in [6, 6.07) is 0. The number of phosphoric acid groups is 2. The summed E-state index contributed by atoms with van der Waals surface area (Å²) in [4.78, 5) is 72.7. The van der Waals surface area contributed by atoms with E-state index in [4.69, 9.17) is 37.0 Å². The molecule has 0 aromatic rings. The van der Waals surface area contributed by atoms with Crippen LogP contribution in [0.3, 0.4) is 0 Å². The lowest BCUT2D eigenvalue weighted by Gasteiger charge is -2.21. The van der Waals surface area contributed by atoms with Crippen LogP contribution < -0.4 is 0 Å². The molecule has 552 valence electrons. The number of ether oxygens (including phenoxy) is 4. The molecule has 0 aliphatic heterocycles. The number of unbranched alkanes of at least 4 members (excludes halogenated alkanes) is 38. The first kappa shape index (κ1) is 91.1. The molecule has 0 saturated heterocycles. The highest BCUT2D eigenvalue weighted by Crippen LogP contribution is 2.45. The molecule has 0 heterocycles. The van der Waals surface area contributed by atoms with E-state index in [2.05, 4.69) is 48.5 Å². The van der Waals surface area contributed by atoms with Gasteiger partial charge < -0.3 is 33.8 Å². The van der Waals surface area contributed by atoms with E-state index in [1.165, 1.54) is 186 Å². The number of hydrogen-bond acceptors (Lipinski definition) is 15. The highest BCUT2D eigenvalue weighted by Gasteiger charge is 2.30. The van der Waals surface area contributed by atoms with E-state index in [0.29, 0.717) is 25.7 Å². The van der Waals surface area contributed by atoms with Crippen LogP contribution in [0.25, 0.3) is 0 Å². The molecule has 0 saturated carbocycles. The zero-order valence-electron chi connectivity index (χ0n) is 60.7. The minimum absolute atomic E-state index is 0.105. The maximum atomic E-state index is 13.1. The summed E-state index contributed by atoms with van der Waals surface area (Å²) in [7, 11) is -9.91. The lowest BCUT2D eigenvalue weighted by atomic mass is 9.99. The van der Waals surface area contributed by atoms with Crippen LogP contribution >= 0.6 is 15.6 Å². The third-order valence-corrected chi connectivity index (χ3v) is 19.8. The molecule has 17 nitrogen and oxygen atoms in total. The Bertz CT molecular complexity index is 1820. The van der Waals surface area contributed by atoms with Crippen molar-refractivity contribution >= 4 is 39.5 Å². The van der Waals surface area contributed by atoms with E-state index in [0.717, 1.165) is 108 Å². The summed E-state index contributed by atoms with van der Waals surface area (Å²) in [6.45, 7) is 11.9. The van der Waals surface area contributed by atoms with Crippen LogP contribution in [0.1, 0.15) is 376 Å². The fourth-order valence-corrected chi connectivity index (χ4v) is 12.8. The average Bonchev–Trinajstić information content (AvgIpc) is 3.54. The van der Waals surface area contributed by atoms with Crippen molar-refractivity contribution in [3.63, 3.8) is 0 Å². The topological polar surface area (TPSA) is 237 Å². The Labute approximate surface area is 568 Å². The highest BCUT2D eigenvalue weighted by molar-refractivity contribution is 7.47. The first-order valence-corrected chi connectivity index (χ1v) is 41.4. The SMILES string of the molecule is CCCCCCCCCCCC(=O)OC[C@H](COP(=O)(O)OC[C@H](O)COP(=O)(O)OC[C@@H](COC(=O)CCCCCCCCCCCCC(C)CC)OC(=O)CCCCCCCCCCCCCCCCCC(C)C)OC(=O)CCCCCCCCCCC(C)CC. The Morgan fingerprint density at radius 1 is 0.312 bits per heavy atom. The van der Waals surface area contributed by atoms with E-state index < -0.39 is 97.5 Å². The molecule has 93 heavy (non-hydrogen) atoms. The van der Waals surface area contributed by atoms with E-state index in [9.17, 15) is 43.2 Å². The van der Waals surface area contributed by atoms with E-state index in [1.54, 1.807) is 0 Å². The monoisotopic (exact) mass is 1370 g/mol. The number of aliphatic hydroxyl groups excluding tert-OH is 1. The summed E-state index contributed by atoms with van der Waals surface area (Å²) in [5.74, 6) is 0.259. The standard InChI is InChI=1S/C74H144O17P2/c1-8-11-12-13-14-24-34-41-48-55-71(76)84-61-70(91-74(79)58-51-44-37-30-29-33-40-47-54-67(7)10-3)64-89-93(82,83)87-60-68(75)59-86-92(80,81)88-63-69(62-85-72(77)56-49-42-35-27-23-22-26-32-39-46-53-66(6)9-2)90-73(78)57-50-43-36-28-21-19-17-15-16-18-20-25-31-38-45-52-65(4)5/h65-70,75H,8-64H2,1-7H3,(H,80,81)(H,82,83)/t66?,67?,68-,69-,70-/m1/s1. The van der Waals surface area contributed by atoms with Gasteiger partial charge in [0.05, 0.1) is 26.4 Å². The number of aliphatic hydroxyl groups is 1. The number of hydrogen-bond donors (Lipinski definition) is 3. The third kappa shape index (κ3) is 65.8. The maximum Gasteiger partial charge on any atom is 0.472 e. The average molecular weight is 1370 g/mol. The Kier molecular flexibility index (Phi) is 63.4. The zero-order valence-corrected chi connectivity index (χ0v) is 62.5. The first-order chi connectivity index (χ1) is 44.8. The molecule has 0 aromatic carbocycles. The molecule has 7 atom stereocenters. The fraction of sp³-hybridized carbons (Fsp3) is 0.946. The molecule has 0 bridgehead atoms. The van der Waals surface area contributed by atoms with Gasteiger partial charge in [0.15, 0.2) is 12.2 Å². The van der Waals surface area contributed by atoms with Gasteiger partial charge in [-0.3, -0.25) is 37.3 Å². The second-order valence-corrected chi connectivity index (χ2v) is 30.6. The second kappa shape index (κ2) is 64.7. The van der Waals surface area contributed by atoms with E-state index in [-0.39, 0.29) is 25.7 Å². The molecule has 0 aliphatic rings. The zero-order chi connectivity index (χ0) is 68.7. The van der Waals surface area contributed by atoms with Crippen LogP contribution in [0.5, 0.6) is 0 Å². The van der Waals surface area contributed by atoms with Crippen LogP contribution in [0.4, 0.5) is 0 Å². The Morgan fingerprint density at radius 2 is 0.548 bits per heavy atom. The maximum absolute atomic E-state index is 13.1. The van der Waals surface area contributed by atoms with Gasteiger partial charge in [-0.25, -0.2) is 9.13 Å². The largest absolute Gasteiger partial charge is 0.472 e. The van der Waals surface area contributed by atoms with Gasteiger partial charge in [-0.2, -0.15) is 0 Å². The molecule has 3 N–H and O–H groups in total. The van der Waals surface area contributed by atoms with Gasteiger partial charge >= 0.3 is 39.5 Å². The van der Waals surface area contributed by atoms with Gasteiger partial charge in [0.25, 0.3) is 0 Å². The lowest BCUT2D eigenvalue weighted by Crippen LogP contribution is -2.30. The molecule has 4 unspecified atom stereocenters. The second-order valence-electron chi connectivity index (χ2n) is 27.6. The minimum atomic E-state index is -4.96. The molecular formula is C74H144O17P2. The summed E-state index contributed by atoms with van der Waals surface area (Å²) in [6.07, 6.45) is 49.8. The molecule has 0 radical (unpaired) electrons. The predicted octanol–water partition coefficient (Wildman–Crippen LogP) is 21.4. The molecule has 0 spiro atoms. The van der Waals surface area contributed by atoms with Gasteiger partial charge in [0.1, 0.15) is 19.3 Å². The lowest BCUT2D eigenvalue weighted by molar-refractivity contribution is -0.161. The van der Waals surface area contributed by atoms with Crippen molar-refractivity contribution in [2.24, 2.45) is 17.8 Å². The van der Waals surface area contributed by atoms with Gasteiger partial charge in [-0.05, 0) is 43.4 Å². The van der Waals surface area contributed by atoms with Crippen molar-refractivity contribution in [2.45, 2.75) is 394 Å². The van der Waals surface area contributed by atoms with Crippen molar-refractivity contribution in [3.8, 4) is 0 Å². The molecule has 19 heteroatoms. The Morgan fingerprint density at radius 3 is 0.817 bits per heavy atom. The number of rotatable bonds is 72. The smallest absolute Gasteiger partial charge is 0.462 e. The van der Waals surface area contributed by atoms with E-state index >= 15 is 0 Å². The van der Waals surface area contributed by atoms with Crippen molar-refractivity contribution in [3.05, 3.63) is 0 Å². The summed E-state index contributed by atoms with van der Waals surface area (Å²) in [5, 5.41) is 10.6. The van der Waals surface area contributed by atoms with E-state index in [1.807, 2.05) is 0 Å². The van der Waals surface area contributed by atoms with Crippen LogP contribution in [-0.2, 0) is 65.4 Å². The quantitative estimate of drug-likeness (QED) is 0.0222. The molecule has 0 fully saturated rings. The van der Waals surface area contributed by atoms with Crippen LogP contribution in [0.2, 0.25) is 0 Å². The fourth-order valence-electron chi connectivity index (χ4n) is 11.2. The molecule has 0 aliphatic carbocycles. The summed E-state index contributed by atoms with van der Waals surface area (Å²) in [5.41, 5.74) is 0.